The van der Waals surface area contributed by atoms with Crippen molar-refractivity contribution in [2.75, 3.05) is 17.5 Å². The van der Waals surface area contributed by atoms with E-state index in [0.717, 1.165) is 21.2 Å². The third kappa shape index (κ3) is 6.27. The average Bonchev–Trinajstić information content (AvgIpc) is 2.78. The molecule has 0 aliphatic rings. The Bertz CT molecular complexity index is 1210. The second kappa shape index (κ2) is 10.7. The molecular weight excluding hydrogens is 460 g/mol. The smallest absolute Gasteiger partial charge is 0.264 e. The van der Waals surface area contributed by atoms with Crippen molar-refractivity contribution in [3.05, 3.63) is 88.4 Å². The highest BCUT2D eigenvalue weighted by molar-refractivity contribution is 7.92. The SMILES string of the molecule is CCOc1ccc(CNC(=O)CN(c2ccc(Cl)cc2C)S(=O)(=O)c2ccc(C)cc2)cc1. The molecule has 0 spiro atoms. The number of hydrogen-bond donors (Lipinski definition) is 1. The maximum Gasteiger partial charge on any atom is 0.264 e. The highest BCUT2D eigenvalue weighted by atomic mass is 35.5. The molecule has 3 rings (SSSR count). The van der Waals surface area contributed by atoms with Gasteiger partial charge in [0.05, 0.1) is 17.2 Å². The molecule has 0 unspecified atom stereocenters. The number of hydrogen-bond acceptors (Lipinski definition) is 4. The summed E-state index contributed by atoms with van der Waals surface area (Å²) in [6, 6.07) is 18.8. The monoisotopic (exact) mass is 486 g/mol. The third-order valence-electron chi connectivity index (χ3n) is 5.05. The molecule has 0 saturated heterocycles. The summed E-state index contributed by atoms with van der Waals surface area (Å²) in [6.45, 7) is 6.03. The maximum atomic E-state index is 13.5. The van der Waals surface area contributed by atoms with Gasteiger partial charge in [-0.2, -0.15) is 0 Å². The lowest BCUT2D eigenvalue weighted by Gasteiger charge is -2.26. The lowest BCUT2D eigenvalue weighted by molar-refractivity contribution is -0.119. The fraction of sp³-hybridized carbons (Fsp3) is 0.240. The Kier molecular flexibility index (Phi) is 8.00. The van der Waals surface area contributed by atoms with Gasteiger partial charge in [0.1, 0.15) is 12.3 Å². The van der Waals surface area contributed by atoms with Crippen molar-refractivity contribution in [3.8, 4) is 5.75 Å². The summed E-state index contributed by atoms with van der Waals surface area (Å²) in [5.74, 6) is 0.329. The lowest BCUT2D eigenvalue weighted by Crippen LogP contribution is -2.41. The Labute approximate surface area is 200 Å². The fourth-order valence-electron chi connectivity index (χ4n) is 3.29. The second-order valence-corrected chi connectivity index (χ2v) is 9.91. The summed E-state index contributed by atoms with van der Waals surface area (Å²) in [7, 11) is -3.98. The predicted octanol–water partition coefficient (Wildman–Crippen LogP) is 4.87. The number of amides is 1. The average molecular weight is 487 g/mol. The summed E-state index contributed by atoms with van der Waals surface area (Å²) >= 11 is 6.07. The van der Waals surface area contributed by atoms with Crippen molar-refractivity contribution in [3.63, 3.8) is 0 Å². The number of nitrogens with zero attached hydrogens (tertiary/aromatic N) is 1. The van der Waals surface area contributed by atoms with Crippen molar-refractivity contribution in [2.45, 2.75) is 32.2 Å². The lowest BCUT2D eigenvalue weighted by atomic mass is 10.2. The molecule has 174 valence electrons. The molecule has 0 aliphatic heterocycles. The van der Waals surface area contributed by atoms with Crippen LogP contribution in [-0.4, -0.2) is 27.5 Å². The highest BCUT2D eigenvalue weighted by Gasteiger charge is 2.28. The molecule has 3 aromatic rings. The normalized spacial score (nSPS) is 11.2. The molecule has 8 heteroatoms. The molecule has 3 aromatic carbocycles. The third-order valence-corrected chi connectivity index (χ3v) is 7.06. The topological polar surface area (TPSA) is 75.7 Å². The number of anilines is 1. The minimum Gasteiger partial charge on any atom is -0.494 e. The van der Waals surface area contributed by atoms with Crippen molar-refractivity contribution >= 4 is 33.2 Å². The number of nitrogens with one attached hydrogen (secondary N) is 1. The van der Waals surface area contributed by atoms with Gasteiger partial charge in [-0.1, -0.05) is 41.4 Å². The molecule has 0 bridgehead atoms. The second-order valence-electron chi connectivity index (χ2n) is 7.61. The summed E-state index contributed by atoms with van der Waals surface area (Å²) in [5, 5.41) is 3.29. The number of carbonyl (C=O) groups is 1. The summed E-state index contributed by atoms with van der Waals surface area (Å²) < 4.78 is 33.5. The molecule has 0 aromatic heterocycles. The first-order valence-electron chi connectivity index (χ1n) is 10.5. The standard InChI is InChI=1S/C25H27ClN2O4S/c1-4-32-22-10-7-20(8-11-22)16-27-25(29)17-28(24-14-9-21(26)15-19(24)3)33(30,31)23-12-5-18(2)6-13-23/h5-15H,4,16-17H2,1-3H3,(H,27,29). The number of aryl methyl sites for hydroxylation is 2. The van der Waals surface area contributed by atoms with Crippen LogP contribution in [0.2, 0.25) is 5.02 Å². The van der Waals surface area contributed by atoms with Gasteiger partial charge in [0.2, 0.25) is 5.91 Å². The van der Waals surface area contributed by atoms with Gasteiger partial charge < -0.3 is 10.1 Å². The van der Waals surface area contributed by atoms with Crippen LogP contribution in [0.25, 0.3) is 0 Å². The van der Waals surface area contributed by atoms with Crippen LogP contribution in [-0.2, 0) is 21.4 Å². The summed E-state index contributed by atoms with van der Waals surface area (Å²) in [6.07, 6.45) is 0. The molecule has 33 heavy (non-hydrogen) atoms. The van der Waals surface area contributed by atoms with E-state index >= 15 is 0 Å². The van der Waals surface area contributed by atoms with E-state index in [4.69, 9.17) is 16.3 Å². The largest absolute Gasteiger partial charge is 0.494 e. The number of halogens is 1. The number of carbonyl (C=O) groups excluding carboxylic acids is 1. The zero-order chi connectivity index (χ0) is 24.0. The van der Waals surface area contributed by atoms with Gasteiger partial charge in [-0.3, -0.25) is 9.10 Å². The van der Waals surface area contributed by atoms with Crippen molar-refractivity contribution in [2.24, 2.45) is 0 Å². The van der Waals surface area contributed by atoms with E-state index < -0.39 is 15.9 Å². The van der Waals surface area contributed by atoms with Crippen molar-refractivity contribution in [1.82, 2.24) is 5.32 Å². The number of sulfonamides is 1. The highest BCUT2D eigenvalue weighted by Crippen LogP contribution is 2.29. The van der Waals surface area contributed by atoms with Gasteiger partial charge in [0.15, 0.2) is 0 Å². The Morgan fingerprint density at radius 3 is 2.27 bits per heavy atom. The van der Waals surface area contributed by atoms with Crippen molar-refractivity contribution < 1.29 is 17.9 Å². The molecule has 0 heterocycles. The first-order valence-corrected chi connectivity index (χ1v) is 12.4. The minimum atomic E-state index is -3.98. The first kappa shape index (κ1) is 24.6. The molecule has 0 fully saturated rings. The molecule has 0 aliphatic carbocycles. The summed E-state index contributed by atoms with van der Waals surface area (Å²) in [4.78, 5) is 12.9. The van der Waals surface area contributed by atoms with Gasteiger partial charge in [-0.15, -0.1) is 0 Å². The Morgan fingerprint density at radius 1 is 1.00 bits per heavy atom. The van der Waals surface area contributed by atoms with Crippen LogP contribution in [0.15, 0.2) is 71.6 Å². The molecule has 1 N–H and O–H groups in total. The number of benzene rings is 3. The van der Waals surface area contributed by atoms with Gasteiger partial charge in [-0.25, -0.2) is 8.42 Å². The van der Waals surface area contributed by atoms with Crippen LogP contribution in [0.5, 0.6) is 5.75 Å². The van der Waals surface area contributed by atoms with E-state index in [0.29, 0.717) is 22.9 Å². The van der Waals surface area contributed by atoms with Crippen LogP contribution in [0.3, 0.4) is 0 Å². The molecule has 6 nitrogen and oxygen atoms in total. The van der Waals surface area contributed by atoms with Crippen molar-refractivity contribution in [1.29, 1.82) is 0 Å². The Hall–Kier alpha value is -3.03. The van der Waals surface area contributed by atoms with E-state index in [-0.39, 0.29) is 18.0 Å². The zero-order valence-corrected chi connectivity index (χ0v) is 20.4. The van der Waals surface area contributed by atoms with E-state index in [1.807, 2.05) is 38.1 Å². The number of rotatable bonds is 9. The summed E-state index contributed by atoms with van der Waals surface area (Å²) in [5.41, 5.74) is 2.87. The predicted molar refractivity (Wildman–Crippen MR) is 131 cm³/mol. The molecular formula is C25H27ClN2O4S. The molecule has 0 saturated carbocycles. The Morgan fingerprint density at radius 2 is 1.67 bits per heavy atom. The van der Waals surface area contributed by atoms with E-state index in [1.165, 1.54) is 0 Å². The Balaban J connectivity index is 1.83. The van der Waals surface area contributed by atoms with Gasteiger partial charge in [0.25, 0.3) is 10.0 Å². The van der Waals surface area contributed by atoms with E-state index in [2.05, 4.69) is 5.32 Å². The zero-order valence-electron chi connectivity index (χ0n) is 18.8. The van der Waals surface area contributed by atoms with E-state index in [9.17, 15) is 13.2 Å². The van der Waals surface area contributed by atoms with Gasteiger partial charge >= 0.3 is 0 Å². The van der Waals surface area contributed by atoms with E-state index in [1.54, 1.807) is 49.4 Å². The van der Waals surface area contributed by atoms with Crippen LogP contribution in [0, 0.1) is 13.8 Å². The van der Waals surface area contributed by atoms with Crippen LogP contribution >= 0.6 is 11.6 Å². The molecule has 1 amide bonds. The maximum absolute atomic E-state index is 13.5. The van der Waals surface area contributed by atoms with Gasteiger partial charge in [0, 0.05) is 11.6 Å². The number of ether oxygens (including phenoxy) is 1. The fourth-order valence-corrected chi connectivity index (χ4v) is 5.01. The minimum absolute atomic E-state index is 0.113. The van der Waals surface area contributed by atoms with Gasteiger partial charge in [-0.05, 0) is 74.4 Å². The molecule has 0 radical (unpaired) electrons. The van der Waals surface area contributed by atoms with Crippen LogP contribution < -0.4 is 14.4 Å². The molecule has 0 atom stereocenters. The van der Waals surface area contributed by atoms with Crippen LogP contribution in [0.1, 0.15) is 23.6 Å². The first-order chi connectivity index (χ1) is 15.7. The quantitative estimate of drug-likeness (QED) is 0.468. The van der Waals surface area contributed by atoms with Crippen LogP contribution in [0.4, 0.5) is 5.69 Å².